The molecule has 0 amide bonds. The fourth-order valence-corrected chi connectivity index (χ4v) is 5.88. The maximum absolute atomic E-state index is 12.1. The number of carbonyl (C=O) groups excluding carboxylic acids is 2. The van der Waals surface area contributed by atoms with Crippen molar-refractivity contribution in [3.8, 4) is 0 Å². The van der Waals surface area contributed by atoms with E-state index in [0.717, 1.165) is 89.5 Å². The first-order valence-corrected chi connectivity index (χ1v) is 14.7. The Balaban J connectivity index is 0.00000442. The van der Waals surface area contributed by atoms with Crippen LogP contribution in [0.4, 0.5) is 0 Å². The van der Waals surface area contributed by atoms with Crippen LogP contribution in [0.2, 0.25) is 0 Å². The molecule has 1 radical (unpaired) electrons. The summed E-state index contributed by atoms with van der Waals surface area (Å²) in [5, 5.41) is 3.34. The average molecular weight is 776 g/mol. The first-order chi connectivity index (χ1) is 20.6. The third kappa shape index (κ3) is 6.25. The van der Waals surface area contributed by atoms with Gasteiger partial charge in [0, 0.05) is 35.2 Å². The Hall–Kier alpha value is -3.72. The minimum Gasteiger partial charge on any atom is -0.657 e. The van der Waals surface area contributed by atoms with Crippen molar-refractivity contribution in [1.82, 2.24) is 19.9 Å². The van der Waals surface area contributed by atoms with E-state index < -0.39 is 0 Å². The van der Waals surface area contributed by atoms with Gasteiger partial charge in [0.1, 0.15) is 0 Å². The summed E-state index contributed by atoms with van der Waals surface area (Å²) in [6.07, 6.45) is 10.4. The van der Waals surface area contributed by atoms with Crippen LogP contribution < -0.4 is 41.3 Å². The maximum atomic E-state index is 12.1. The molecule has 1 aliphatic heterocycles. The van der Waals surface area contributed by atoms with E-state index in [9.17, 15) is 9.59 Å². The maximum Gasteiger partial charge on any atom is 0.305 e. The Morgan fingerprint density at radius 3 is 1.48 bits per heavy atom. The molecule has 4 aromatic rings. The zero-order valence-corrected chi connectivity index (χ0v) is 28.7. The molecule has 5 rings (SSSR count). The molecule has 8 nitrogen and oxygen atoms in total. The van der Waals surface area contributed by atoms with Crippen LogP contribution in [0.5, 0.6) is 0 Å². The topological polar surface area (TPSA) is 109 Å². The number of aromatic nitrogens is 4. The number of hydrogen-bond acceptors (Lipinski definition) is 4. The zero-order valence-electron chi connectivity index (χ0n) is 26.6. The van der Waals surface area contributed by atoms with Gasteiger partial charge >= 0.3 is 11.9 Å². The van der Waals surface area contributed by atoms with Gasteiger partial charge < -0.3 is 29.4 Å². The van der Waals surface area contributed by atoms with E-state index in [-0.39, 0.29) is 47.2 Å². The van der Waals surface area contributed by atoms with Crippen LogP contribution in [-0.2, 0) is 60.7 Å². The first-order valence-electron chi connectivity index (χ1n) is 14.7. The molecule has 0 saturated heterocycles. The second-order valence-electron chi connectivity index (χ2n) is 11.2. The van der Waals surface area contributed by atoms with Gasteiger partial charge in [-0.1, -0.05) is 75.7 Å². The molecular weight excluding hydrogens is 737 g/mol. The molecule has 4 aromatic heterocycles. The minimum atomic E-state index is -0.277. The van der Waals surface area contributed by atoms with Crippen LogP contribution in [0.1, 0.15) is 87.0 Å². The molecule has 44 heavy (non-hydrogen) atoms. The van der Waals surface area contributed by atoms with Crippen LogP contribution in [0.15, 0.2) is 0 Å². The fraction of sp³-hybridized carbons (Fsp3) is 0.371. The van der Waals surface area contributed by atoms with Crippen molar-refractivity contribution in [3.63, 3.8) is 0 Å². The fourth-order valence-electron chi connectivity index (χ4n) is 5.88. The number of ether oxygens (including phenoxy) is 2. The van der Waals surface area contributed by atoms with Gasteiger partial charge in [-0.2, -0.15) is 0 Å². The van der Waals surface area contributed by atoms with Crippen molar-refractivity contribution in [2.24, 2.45) is 0 Å². The molecule has 9 heteroatoms. The van der Waals surface area contributed by atoms with E-state index >= 15 is 0 Å². The van der Waals surface area contributed by atoms with Gasteiger partial charge in [-0.25, -0.2) is 0 Å². The van der Waals surface area contributed by atoms with Gasteiger partial charge in [0.25, 0.3) is 0 Å². The molecule has 0 unspecified atom stereocenters. The molecule has 8 bridgehead atoms. The van der Waals surface area contributed by atoms with Crippen molar-refractivity contribution in [1.29, 1.82) is 0 Å². The number of esters is 2. The van der Waals surface area contributed by atoms with Crippen LogP contribution in [0.25, 0.3) is 24.3 Å². The Morgan fingerprint density at radius 2 is 0.955 bits per heavy atom. The van der Waals surface area contributed by atoms with Gasteiger partial charge in [-0.15, -0.1) is 44.2 Å². The summed E-state index contributed by atoms with van der Waals surface area (Å²) in [5.74, 6) is -0.553. The monoisotopic (exact) mass is 775 g/mol. The van der Waals surface area contributed by atoms with Gasteiger partial charge in [-0.3, -0.25) is 9.59 Å². The van der Waals surface area contributed by atoms with Crippen molar-refractivity contribution in [2.45, 2.75) is 73.6 Å². The number of carbonyl (C=O) groups is 2. The summed E-state index contributed by atoms with van der Waals surface area (Å²) in [7, 11) is 2.80. The smallest absolute Gasteiger partial charge is 0.305 e. The summed E-state index contributed by atoms with van der Waals surface area (Å²) in [6, 6.07) is 0. The minimum absolute atomic E-state index is 0. The van der Waals surface area contributed by atoms with E-state index in [0.29, 0.717) is 12.8 Å². The number of methoxy groups -OCH3 is 2. The molecule has 0 N–H and O–H groups in total. The second kappa shape index (κ2) is 13.5. The molecular formula is C35H38AuN4O4-4. The summed E-state index contributed by atoms with van der Waals surface area (Å²) < 4.78 is 9.87. The SMILES string of the molecule is CCc1c(C)/c2[n-]/c1=C\c1[n-]c(c(C)c1C)/C=c1\[n-]/c(c(CCC(=O)OC)c1C)=C\c1[n-]c(c(C)c1CCC(=O)OC)\C=2.[Au]. The number of hydrogen-bond donors (Lipinski definition) is 0. The molecule has 0 aromatic carbocycles. The number of nitrogens with zero attached hydrogens (tertiary/aromatic N) is 4. The van der Waals surface area contributed by atoms with Crippen LogP contribution in [0, 0.1) is 34.6 Å². The molecule has 1 aliphatic rings. The molecule has 5 heterocycles. The zero-order chi connectivity index (χ0) is 31.0. The predicted octanol–water partition coefficient (Wildman–Crippen LogP) is 1.46. The van der Waals surface area contributed by atoms with E-state index in [1.807, 2.05) is 32.1 Å². The van der Waals surface area contributed by atoms with Gasteiger partial charge in [0.05, 0.1) is 14.2 Å². The van der Waals surface area contributed by atoms with Gasteiger partial charge in [-0.05, 0) is 53.9 Å². The number of fused-ring (bicyclic) bond motifs is 8. The predicted molar refractivity (Wildman–Crippen MR) is 166 cm³/mol. The third-order valence-electron chi connectivity index (χ3n) is 8.79. The van der Waals surface area contributed by atoms with Crippen LogP contribution in [0.3, 0.4) is 0 Å². The summed E-state index contributed by atoms with van der Waals surface area (Å²) in [5.41, 5.74) is 11.7. The van der Waals surface area contributed by atoms with Gasteiger partial charge in [0.2, 0.25) is 0 Å². The molecule has 237 valence electrons. The molecule has 0 spiro atoms. The molecule has 0 saturated carbocycles. The Labute approximate surface area is 273 Å². The third-order valence-corrected chi connectivity index (χ3v) is 8.79. The largest absolute Gasteiger partial charge is 0.657 e. The normalized spacial score (nSPS) is 15.0. The van der Waals surface area contributed by atoms with Crippen LogP contribution in [-0.4, -0.2) is 26.2 Å². The first kappa shape index (κ1) is 33.2. The Kier molecular flexibility index (Phi) is 10.2. The van der Waals surface area contributed by atoms with Gasteiger partial charge in [0.15, 0.2) is 0 Å². The Bertz CT molecular complexity index is 1980. The second-order valence-corrected chi connectivity index (χ2v) is 11.2. The van der Waals surface area contributed by atoms with E-state index in [1.165, 1.54) is 19.8 Å². The van der Waals surface area contributed by atoms with Crippen molar-refractivity contribution < 1.29 is 41.4 Å². The average Bonchev–Trinajstić information content (AvgIpc) is 3.64. The molecule has 0 aliphatic carbocycles. The van der Waals surface area contributed by atoms with E-state index in [2.05, 4.69) is 33.8 Å². The summed E-state index contributed by atoms with van der Waals surface area (Å²) in [6.45, 7) is 12.5. The van der Waals surface area contributed by atoms with Crippen molar-refractivity contribution in [2.75, 3.05) is 14.2 Å². The molecule has 0 fully saturated rings. The van der Waals surface area contributed by atoms with E-state index in [1.54, 1.807) is 0 Å². The van der Waals surface area contributed by atoms with Crippen LogP contribution >= 0.6 is 0 Å². The van der Waals surface area contributed by atoms with Crippen molar-refractivity contribution in [3.05, 3.63) is 88.7 Å². The Morgan fingerprint density at radius 1 is 0.545 bits per heavy atom. The number of rotatable bonds is 7. The molecule has 0 atom stereocenters. The quantitative estimate of drug-likeness (QED) is 0.181. The van der Waals surface area contributed by atoms with E-state index in [4.69, 9.17) is 29.4 Å². The van der Waals surface area contributed by atoms with Crippen molar-refractivity contribution >= 4 is 36.2 Å². The standard InChI is InChI=1S/C35H38N4O4.Au/c1-9-23-20(4)28-15-30-22(6)25(11-13-35(41)43-8)33(39-30)17-32-24(10-12-34(40)42-7)21(5)29(38-32)14-26-18(2)19(3)27(36-26)16-31(23)37-28;/h14-17H,9-13H2,1-8H3;/q-4;/b26-14?,27-16?,28-15-,29-14-,30-15?,31-16-,32-17-,33-17?;. The summed E-state index contributed by atoms with van der Waals surface area (Å²) >= 11 is 0. The summed E-state index contributed by atoms with van der Waals surface area (Å²) in [4.78, 5) is 44.4.